The van der Waals surface area contributed by atoms with Gasteiger partial charge in [0.05, 0.1) is 5.56 Å². The largest absolute Gasteiger partial charge is 0.445 e. The molecular weight excluding hydrogens is 325 g/mol. The predicted molar refractivity (Wildman–Crippen MR) is 88.0 cm³/mol. The average molecular weight is 341 g/mol. The number of alkyl carbamates (subject to hydrolysis) is 1. The lowest BCUT2D eigenvalue weighted by atomic mass is 10.2. The summed E-state index contributed by atoms with van der Waals surface area (Å²) in [5.41, 5.74) is 1.15. The fourth-order valence-corrected chi connectivity index (χ4v) is 2.14. The summed E-state index contributed by atoms with van der Waals surface area (Å²) in [7, 11) is 0. The van der Waals surface area contributed by atoms with Crippen molar-refractivity contribution in [1.82, 2.24) is 15.5 Å². The third-order valence-electron chi connectivity index (χ3n) is 3.39. The molecule has 3 rings (SSSR count). The number of hydrogen-bond donors (Lipinski definition) is 1. The van der Waals surface area contributed by atoms with Crippen molar-refractivity contribution < 1.29 is 18.3 Å². The minimum atomic E-state index is -0.530. The first-order valence-corrected chi connectivity index (χ1v) is 7.74. The molecule has 2 aromatic carbocycles. The van der Waals surface area contributed by atoms with Gasteiger partial charge in [-0.05, 0) is 17.7 Å². The Labute approximate surface area is 143 Å². The van der Waals surface area contributed by atoms with Crippen LogP contribution in [0.5, 0.6) is 0 Å². The van der Waals surface area contributed by atoms with E-state index in [1.165, 1.54) is 6.07 Å². The van der Waals surface area contributed by atoms with Gasteiger partial charge >= 0.3 is 6.09 Å². The second-order valence-corrected chi connectivity index (χ2v) is 5.22. The van der Waals surface area contributed by atoms with Gasteiger partial charge in [0.1, 0.15) is 12.4 Å². The van der Waals surface area contributed by atoms with E-state index in [4.69, 9.17) is 9.15 Å². The lowest BCUT2D eigenvalue weighted by Crippen LogP contribution is -2.26. The van der Waals surface area contributed by atoms with E-state index in [-0.39, 0.29) is 24.6 Å². The normalized spacial score (nSPS) is 10.4. The zero-order chi connectivity index (χ0) is 17.5. The molecule has 0 saturated heterocycles. The predicted octanol–water partition coefficient (Wildman–Crippen LogP) is 3.34. The van der Waals surface area contributed by atoms with E-state index in [0.29, 0.717) is 12.3 Å². The van der Waals surface area contributed by atoms with Gasteiger partial charge in [-0.1, -0.05) is 42.5 Å². The van der Waals surface area contributed by atoms with Crippen LogP contribution in [0.2, 0.25) is 0 Å². The molecule has 0 fully saturated rings. The quantitative estimate of drug-likeness (QED) is 0.744. The summed E-state index contributed by atoms with van der Waals surface area (Å²) in [6.45, 7) is 0.469. The van der Waals surface area contributed by atoms with Crippen molar-refractivity contribution in [1.29, 1.82) is 0 Å². The number of aromatic nitrogens is 2. The first-order chi connectivity index (χ1) is 12.2. The van der Waals surface area contributed by atoms with Crippen molar-refractivity contribution in [3.8, 4) is 11.5 Å². The van der Waals surface area contributed by atoms with Gasteiger partial charge in [-0.25, -0.2) is 9.18 Å². The molecule has 0 radical (unpaired) electrons. The summed E-state index contributed by atoms with van der Waals surface area (Å²) < 4.78 is 24.2. The molecule has 7 heteroatoms. The highest BCUT2D eigenvalue weighted by Crippen LogP contribution is 2.20. The van der Waals surface area contributed by atoms with E-state index in [1.54, 1.807) is 18.2 Å². The van der Waals surface area contributed by atoms with E-state index in [9.17, 15) is 9.18 Å². The molecule has 0 aliphatic rings. The van der Waals surface area contributed by atoms with Gasteiger partial charge in [0.25, 0.3) is 5.89 Å². The lowest BCUT2D eigenvalue weighted by molar-refractivity contribution is 0.139. The van der Waals surface area contributed by atoms with Gasteiger partial charge in [0, 0.05) is 13.0 Å². The SMILES string of the molecule is O=C(NCCc1nnc(-c2ccccc2F)o1)OCc1ccccc1. The van der Waals surface area contributed by atoms with Crippen LogP contribution in [0.15, 0.2) is 59.0 Å². The monoisotopic (exact) mass is 341 g/mol. The minimum absolute atomic E-state index is 0.111. The number of hydrogen-bond acceptors (Lipinski definition) is 5. The second kappa shape index (κ2) is 8.05. The first kappa shape index (κ1) is 16.6. The van der Waals surface area contributed by atoms with Crippen LogP contribution < -0.4 is 5.32 Å². The molecule has 1 N–H and O–H groups in total. The highest BCUT2D eigenvalue weighted by molar-refractivity contribution is 5.67. The number of ether oxygens (including phenoxy) is 1. The van der Waals surface area contributed by atoms with Gasteiger partial charge in [-0.15, -0.1) is 10.2 Å². The summed E-state index contributed by atoms with van der Waals surface area (Å²) in [6, 6.07) is 15.5. The number of carbonyl (C=O) groups is 1. The third-order valence-corrected chi connectivity index (χ3v) is 3.39. The minimum Gasteiger partial charge on any atom is -0.445 e. The van der Waals surface area contributed by atoms with Crippen molar-refractivity contribution in [2.24, 2.45) is 0 Å². The molecule has 0 atom stereocenters. The maximum Gasteiger partial charge on any atom is 0.407 e. The third kappa shape index (κ3) is 4.63. The van der Waals surface area contributed by atoms with Crippen LogP contribution in [0.25, 0.3) is 11.5 Å². The molecule has 1 aromatic heterocycles. The first-order valence-electron chi connectivity index (χ1n) is 7.74. The Kier molecular flexibility index (Phi) is 5.36. The molecule has 3 aromatic rings. The number of nitrogens with zero attached hydrogens (tertiary/aromatic N) is 2. The smallest absolute Gasteiger partial charge is 0.407 e. The number of halogens is 1. The van der Waals surface area contributed by atoms with Gasteiger partial charge in [-0.2, -0.15) is 0 Å². The standard InChI is InChI=1S/C18H16FN3O3/c19-15-9-5-4-8-14(15)17-22-21-16(25-17)10-11-20-18(23)24-12-13-6-2-1-3-7-13/h1-9H,10-12H2,(H,20,23). The molecule has 25 heavy (non-hydrogen) atoms. The van der Waals surface area contributed by atoms with Crippen molar-refractivity contribution in [3.63, 3.8) is 0 Å². The summed E-state index contributed by atoms with van der Waals surface area (Å²) in [4.78, 5) is 11.6. The van der Waals surface area contributed by atoms with Crippen molar-refractivity contribution in [2.75, 3.05) is 6.54 Å². The molecule has 6 nitrogen and oxygen atoms in total. The fourth-order valence-electron chi connectivity index (χ4n) is 2.14. The van der Waals surface area contributed by atoms with E-state index in [1.807, 2.05) is 30.3 Å². The number of amides is 1. The van der Waals surface area contributed by atoms with Crippen LogP contribution in [-0.2, 0) is 17.8 Å². The Balaban J connectivity index is 1.45. The Morgan fingerprint density at radius 1 is 1.08 bits per heavy atom. The van der Waals surface area contributed by atoms with Crippen LogP contribution >= 0.6 is 0 Å². The fraction of sp³-hybridized carbons (Fsp3) is 0.167. The molecule has 0 spiro atoms. The molecular formula is C18H16FN3O3. The van der Waals surface area contributed by atoms with Gasteiger partial charge < -0.3 is 14.5 Å². The molecule has 0 aliphatic heterocycles. The lowest BCUT2D eigenvalue weighted by Gasteiger charge is -2.05. The Morgan fingerprint density at radius 2 is 1.84 bits per heavy atom. The Morgan fingerprint density at radius 3 is 2.64 bits per heavy atom. The van der Waals surface area contributed by atoms with E-state index < -0.39 is 11.9 Å². The van der Waals surface area contributed by atoms with Crippen LogP contribution in [0.4, 0.5) is 9.18 Å². The maximum atomic E-state index is 13.7. The number of nitrogens with one attached hydrogen (secondary N) is 1. The Bertz CT molecular complexity index is 836. The Hall–Kier alpha value is -3.22. The van der Waals surface area contributed by atoms with Crippen LogP contribution in [0.1, 0.15) is 11.5 Å². The topological polar surface area (TPSA) is 77.3 Å². The van der Waals surface area contributed by atoms with Crippen LogP contribution in [0, 0.1) is 5.82 Å². The molecule has 1 heterocycles. The molecule has 0 aliphatic carbocycles. The summed E-state index contributed by atoms with van der Waals surface area (Å²) in [5.74, 6) is -0.0123. The van der Waals surface area contributed by atoms with E-state index in [2.05, 4.69) is 15.5 Å². The van der Waals surface area contributed by atoms with Gasteiger partial charge in [0.2, 0.25) is 5.89 Å². The number of rotatable bonds is 6. The highest BCUT2D eigenvalue weighted by Gasteiger charge is 2.12. The molecule has 0 bridgehead atoms. The van der Waals surface area contributed by atoms with E-state index in [0.717, 1.165) is 5.56 Å². The summed E-state index contributed by atoms with van der Waals surface area (Å²) in [6.07, 6.45) is -0.209. The molecule has 128 valence electrons. The maximum absolute atomic E-state index is 13.7. The average Bonchev–Trinajstić information content (AvgIpc) is 3.10. The van der Waals surface area contributed by atoms with Gasteiger partial charge in [0.15, 0.2) is 0 Å². The second-order valence-electron chi connectivity index (χ2n) is 5.22. The van der Waals surface area contributed by atoms with Crippen LogP contribution in [-0.4, -0.2) is 22.8 Å². The summed E-state index contributed by atoms with van der Waals surface area (Å²) in [5, 5.41) is 10.3. The molecule has 0 unspecified atom stereocenters. The van der Waals surface area contributed by atoms with E-state index >= 15 is 0 Å². The number of benzene rings is 2. The van der Waals surface area contributed by atoms with Crippen molar-refractivity contribution >= 4 is 6.09 Å². The molecule has 0 saturated carbocycles. The zero-order valence-corrected chi connectivity index (χ0v) is 13.3. The van der Waals surface area contributed by atoms with Gasteiger partial charge in [-0.3, -0.25) is 0 Å². The van der Waals surface area contributed by atoms with Crippen molar-refractivity contribution in [3.05, 3.63) is 71.9 Å². The number of carbonyl (C=O) groups excluding carboxylic acids is 1. The zero-order valence-electron chi connectivity index (χ0n) is 13.3. The summed E-state index contributed by atoms with van der Waals surface area (Å²) >= 11 is 0. The highest BCUT2D eigenvalue weighted by atomic mass is 19.1. The molecule has 1 amide bonds. The van der Waals surface area contributed by atoms with Crippen molar-refractivity contribution in [2.45, 2.75) is 13.0 Å². The van der Waals surface area contributed by atoms with Crippen LogP contribution in [0.3, 0.4) is 0 Å².